The number of hydrogen-bond acceptors (Lipinski definition) is 1. The summed E-state index contributed by atoms with van der Waals surface area (Å²) in [5.41, 5.74) is 3.39. The number of nitrogens with zero attached hydrogens (tertiary/aromatic N) is 1. The van der Waals surface area contributed by atoms with Gasteiger partial charge in [0.15, 0.2) is 5.54 Å². The fourth-order valence-electron chi connectivity index (χ4n) is 2.59. The van der Waals surface area contributed by atoms with E-state index < -0.39 is 5.54 Å². The minimum Gasteiger partial charge on any atom is -0.623 e. The standard InChI is InChI=1S/C16H15NO/c1-16(2)14-11-7-6-10-13(14)15(17(16)18)12-8-4-3-5-9-12/h3-11H,1-2H3. The minimum atomic E-state index is -0.498. The molecule has 0 bridgehead atoms. The molecular formula is C16H15NO. The molecule has 1 aliphatic rings. The van der Waals surface area contributed by atoms with Crippen molar-refractivity contribution in [1.82, 2.24) is 0 Å². The van der Waals surface area contributed by atoms with E-state index in [-0.39, 0.29) is 0 Å². The van der Waals surface area contributed by atoms with Crippen LogP contribution in [0.2, 0.25) is 0 Å². The number of fused-ring (bicyclic) bond motifs is 1. The lowest BCUT2D eigenvalue weighted by molar-refractivity contribution is -0.543. The minimum absolute atomic E-state index is 0.498. The van der Waals surface area contributed by atoms with Crippen molar-refractivity contribution in [3.8, 4) is 0 Å². The van der Waals surface area contributed by atoms with Gasteiger partial charge in [-0.2, -0.15) is 4.74 Å². The molecule has 0 aliphatic carbocycles. The Morgan fingerprint density at radius 3 is 2.22 bits per heavy atom. The molecule has 0 fully saturated rings. The molecule has 0 saturated carbocycles. The Hall–Kier alpha value is -2.09. The van der Waals surface area contributed by atoms with Gasteiger partial charge in [-0.1, -0.05) is 36.4 Å². The van der Waals surface area contributed by atoms with Crippen LogP contribution in [0.1, 0.15) is 30.5 Å². The first-order valence-corrected chi connectivity index (χ1v) is 6.12. The molecule has 2 aromatic rings. The van der Waals surface area contributed by atoms with Gasteiger partial charge in [-0.3, -0.25) is 0 Å². The second-order valence-corrected chi connectivity index (χ2v) is 5.11. The Morgan fingerprint density at radius 2 is 1.50 bits per heavy atom. The van der Waals surface area contributed by atoms with Crippen molar-refractivity contribution >= 4 is 5.71 Å². The summed E-state index contributed by atoms with van der Waals surface area (Å²) < 4.78 is 1.13. The first-order chi connectivity index (χ1) is 8.62. The van der Waals surface area contributed by atoms with E-state index in [0.29, 0.717) is 0 Å². The summed E-state index contributed by atoms with van der Waals surface area (Å²) in [4.78, 5) is 0. The van der Waals surface area contributed by atoms with Gasteiger partial charge < -0.3 is 5.21 Å². The van der Waals surface area contributed by atoms with Crippen LogP contribution >= 0.6 is 0 Å². The Morgan fingerprint density at radius 1 is 0.889 bits per heavy atom. The summed E-state index contributed by atoms with van der Waals surface area (Å²) >= 11 is 0. The van der Waals surface area contributed by atoms with Gasteiger partial charge in [-0.25, -0.2) is 0 Å². The number of rotatable bonds is 1. The topological polar surface area (TPSA) is 26.1 Å². The third kappa shape index (κ3) is 1.39. The van der Waals surface area contributed by atoms with E-state index in [1.807, 2.05) is 68.4 Å². The summed E-state index contributed by atoms with van der Waals surface area (Å²) in [5, 5.41) is 12.6. The van der Waals surface area contributed by atoms with E-state index in [9.17, 15) is 5.21 Å². The van der Waals surface area contributed by atoms with Crippen LogP contribution in [-0.4, -0.2) is 10.5 Å². The normalized spacial score (nSPS) is 16.8. The molecule has 0 spiro atoms. The third-order valence-corrected chi connectivity index (χ3v) is 3.60. The summed E-state index contributed by atoms with van der Waals surface area (Å²) in [6.07, 6.45) is 0. The van der Waals surface area contributed by atoms with E-state index in [4.69, 9.17) is 0 Å². The maximum atomic E-state index is 12.6. The Bertz CT molecular complexity index is 627. The molecule has 3 rings (SSSR count). The molecule has 0 saturated heterocycles. The quantitative estimate of drug-likeness (QED) is 0.552. The van der Waals surface area contributed by atoms with Crippen LogP contribution in [0.5, 0.6) is 0 Å². The van der Waals surface area contributed by atoms with E-state index in [1.165, 1.54) is 0 Å². The molecule has 18 heavy (non-hydrogen) atoms. The average Bonchev–Trinajstić information content (AvgIpc) is 2.60. The van der Waals surface area contributed by atoms with Gasteiger partial charge in [-0.05, 0) is 18.2 Å². The molecule has 0 N–H and O–H groups in total. The van der Waals surface area contributed by atoms with Crippen LogP contribution < -0.4 is 0 Å². The number of hydrogen-bond donors (Lipinski definition) is 0. The van der Waals surface area contributed by atoms with Crippen LogP contribution in [0.3, 0.4) is 0 Å². The molecule has 1 aliphatic heterocycles. The van der Waals surface area contributed by atoms with Crippen LogP contribution in [0.25, 0.3) is 0 Å². The van der Waals surface area contributed by atoms with Gasteiger partial charge in [-0.15, -0.1) is 0 Å². The molecule has 0 unspecified atom stereocenters. The number of benzene rings is 2. The van der Waals surface area contributed by atoms with Crippen molar-refractivity contribution < 1.29 is 4.74 Å². The average molecular weight is 237 g/mol. The van der Waals surface area contributed by atoms with Gasteiger partial charge in [0.05, 0.1) is 5.56 Å². The Labute approximate surface area is 107 Å². The van der Waals surface area contributed by atoms with Crippen molar-refractivity contribution in [2.24, 2.45) is 0 Å². The monoisotopic (exact) mass is 237 g/mol. The van der Waals surface area contributed by atoms with Crippen molar-refractivity contribution in [3.63, 3.8) is 0 Å². The van der Waals surface area contributed by atoms with Crippen molar-refractivity contribution in [1.29, 1.82) is 0 Å². The van der Waals surface area contributed by atoms with E-state index in [2.05, 4.69) is 0 Å². The predicted octanol–water partition coefficient (Wildman–Crippen LogP) is 3.28. The van der Waals surface area contributed by atoms with Crippen molar-refractivity contribution in [2.75, 3.05) is 0 Å². The lowest BCUT2D eigenvalue weighted by Crippen LogP contribution is -2.27. The first kappa shape index (κ1) is 11.0. The Balaban J connectivity index is 2.30. The van der Waals surface area contributed by atoms with Crippen LogP contribution in [0, 0.1) is 5.21 Å². The van der Waals surface area contributed by atoms with Crippen molar-refractivity contribution in [2.45, 2.75) is 19.4 Å². The van der Waals surface area contributed by atoms with Crippen LogP contribution in [-0.2, 0) is 5.54 Å². The molecule has 0 amide bonds. The maximum Gasteiger partial charge on any atom is 0.226 e. The second kappa shape index (κ2) is 3.70. The third-order valence-electron chi connectivity index (χ3n) is 3.60. The summed E-state index contributed by atoms with van der Waals surface area (Å²) in [5.74, 6) is 0. The lowest BCUT2D eigenvalue weighted by Gasteiger charge is -2.19. The molecule has 0 aromatic heterocycles. The van der Waals surface area contributed by atoms with Gasteiger partial charge in [0.2, 0.25) is 5.71 Å². The van der Waals surface area contributed by atoms with Gasteiger partial charge in [0.25, 0.3) is 0 Å². The molecule has 2 heteroatoms. The zero-order valence-electron chi connectivity index (χ0n) is 10.6. The van der Waals surface area contributed by atoms with E-state index in [1.54, 1.807) is 0 Å². The fourth-order valence-corrected chi connectivity index (χ4v) is 2.59. The van der Waals surface area contributed by atoms with Gasteiger partial charge in [0, 0.05) is 25.0 Å². The molecule has 0 radical (unpaired) electrons. The van der Waals surface area contributed by atoms with Gasteiger partial charge >= 0.3 is 0 Å². The predicted molar refractivity (Wildman–Crippen MR) is 72.7 cm³/mol. The molecular weight excluding hydrogens is 222 g/mol. The zero-order chi connectivity index (χ0) is 12.8. The SMILES string of the molecule is CC1(C)c2ccccc2C(c2ccccc2)=[N+]1[O-]. The molecule has 2 aromatic carbocycles. The maximum absolute atomic E-state index is 12.6. The Kier molecular flexibility index (Phi) is 2.27. The van der Waals surface area contributed by atoms with Crippen molar-refractivity contribution in [3.05, 3.63) is 76.5 Å². The first-order valence-electron chi connectivity index (χ1n) is 6.12. The largest absolute Gasteiger partial charge is 0.623 e. The highest BCUT2D eigenvalue weighted by molar-refractivity contribution is 6.12. The summed E-state index contributed by atoms with van der Waals surface area (Å²) in [7, 11) is 0. The molecule has 2 nitrogen and oxygen atoms in total. The smallest absolute Gasteiger partial charge is 0.226 e. The number of hydroxylamine groups is 1. The molecule has 0 atom stereocenters. The fraction of sp³-hybridized carbons (Fsp3) is 0.188. The van der Waals surface area contributed by atoms with Crippen LogP contribution in [0.4, 0.5) is 0 Å². The highest BCUT2D eigenvalue weighted by Crippen LogP contribution is 2.35. The van der Waals surface area contributed by atoms with Gasteiger partial charge in [0.1, 0.15) is 0 Å². The molecule has 1 heterocycles. The second-order valence-electron chi connectivity index (χ2n) is 5.11. The van der Waals surface area contributed by atoms with E-state index in [0.717, 1.165) is 27.1 Å². The zero-order valence-corrected chi connectivity index (χ0v) is 10.6. The lowest BCUT2D eigenvalue weighted by atomic mass is 9.92. The van der Waals surface area contributed by atoms with Crippen LogP contribution in [0.15, 0.2) is 54.6 Å². The summed E-state index contributed by atoms with van der Waals surface area (Å²) in [6.45, 7) is 3.93. The highest BCUT2D eigenvalue weighted by Gasteiger charge is 2.42. The highest BCUT2D eigenvalue weighted by atomic mass is 16.5. The van der Waals surface area contributed by atoms with E-state index >= 15 is 0 Å². The molecule has 90 valence electrons. The summed E-state index contributed by atoms with van der Waals surface area (Å²) in [6, 6.07) is 17.9.